The third-order valence-electron chi connectivity index (χ3n) is 2.16. The second-order valence-electron chi connectivity index (χ2n) is 3.35. The largest absolute Gasteiger partial charge is 0.507 e. The molecule has 0 aliphatic rings. The van der Waals surface area contributed by atoms with E-state index >= 15 is 0 Å². The molecule has 5 N–H and O–H groups in total. The van der Waals surface area contributed by atoms with E-state index in [1.165, 1.54) is 25.1 Å². The fourth-order valence-corrected chi connectivity index (χ4v) is 1.21. The van der Waals surface area contributed by atoms with Gasteiger partial charge in [-0.25, -0.2) is 4.79 Å². The quantitative estimate of drug-likeness (QED) is 0.582. The van der Waals surface area contributed by atoms with Gasteiger partial charge in [-0.05, 0) is 24.6 Å². The molecule has 0 radical (unpaired) electrons. The average molecular weight is 211 g/mol. The van der Waals surface area contributed by atoms with Gasteiger partial charge < -0.3 is 21.1 Å². The zero-order valence-electron chi connectivity index (χ0n) is 8.21. The third-order valence-corrected chi connectivity index (χ3v) is 2.16. The Balaban J connectivity index is 3.13. The number of nitrogens with two attached hydrogens (primary N) is 1. The van der Waals surface area contributed by atoms with Crippen molar-refractivity contribution in [2.45, 2.75) is 19.1 Å². The minimum Gasteiger partial charge on any atom is -0.507 e. The van der Waals surface area contributed by atoms with Crippen LogP contribution in [0.25, 0.3) is 0 Å². The molecule has 15 heavy (non-hydrogen) atoms. The number of hydrogen-bond donors (Lipinski definition) is 4. The SMILES string of the molecule is C[C@@H](O)[C@@H](N)c1ccc(O)c(C(=O)O)c1. The first kappa shape index (κ1) is 11.5. The number of aliphatic hydroxyl groups is 1. The molecular weight excluding hydrogens is 198 g/mol. The van der Waals surface area contributed by atoms with Gasteiger partial charge in [0.15, 0.2) is 0 Å². The van der Waals surface area contributed by atoms with Crippen LogP contribution in [0, 0.1) is 0 Å². The minimum absolute atomic E-state index is 0.219. The fourth-order valence-electron chi connectivity index (χ4n) is 1.21. The van der Waals surface area contributed by atoms with Crippen LogP contribution < -0.4 is 5.73 Å². The molecule has 0 saturated carbocycles. The molecule has 0 fully saturated rings. The Hall–Kier alpha value is -1.59. The van der Waals surface area contributed by atoms with Crippen LogP contribution in [-0.4, -0.2) is 27.4 Å². The van der Waals surface area contributed by atoms with Crippen LogP contribution >= 0.6 is 0 Å². The van der Waals surface area contributed by atoms with Gasteiger partial charge in [0.2, 0.25) is 0 Å². The maximum Gasteiger partial charge on any atom is 0.339 e. The summed E-state index contributed by atoms with van der Waals surface area (Å²) < 4.78 is 0. The average Bonchev–Trinajstić information content (AvgIpc) is 2.16. The molecule has 0 unspecified atom stereocenters. The van der Waals surface area contributed by atoms with Crippen LogP contribution in [0.3, 0.4) is 0 Å². The van der Waals surface area contributed by atoms with Crippen LogP contribution in [0.4, 0.5) is 0 Å². The molecule has 1 rings (SSSR count). The van der Waals surface area contributed by atoms with Gasteiger partial charge in [0.05, 0.1) is 12.1 Å². The number of rotatable bonds is 3. The summed E-state index contributed by atoms with van der Waals surface area (Å²) in [6, 6.07) is 3.33. The standard InChI is InChI=1S/C10H13NO4/c1-5(12)9(11)6-2-3-8(13)7(4-6)10(14)15/h2-5,9,12-13H,11H2,1H3,(H,14,15)/t5-,9-/m1/s1. The molecule has 2 atom stereocenters. The Kier molecular flexibility index (Phi) is 3.28. The zero-order valence-corrected chi connectivity index (χ0v) is 8.21. The summed E-state index contributed by atoms with van der Waals surface area (Å²) in [5.41, 5.74) is 5.89. The molecule has 0 saturated heterocycles. The van der Waals surface area contributed by atoms with Gasteiger partial charge >= 0.3 is 5.97 Å². The van der Waals surface area contributed by atoms with E-state index in [1.807, 2.05) is 0 Å². The summed E-state index contributed by atoms with van der Waals surface area (Å²) in [4.78, 5) is 10.7. The van der Waals surface area contributed by atoms with E-state index in [-0.39, 0.29) is 11.3 Å². The number of carboxylic acid groups (broad SMARTS) is 1. The van der Waals surface area contributed by atoms with Crippen molar-refractivity contribution in [3.8, 4) is 5.75 Å². The summed E-state index contributed by atoms with van der Waals surface area (Å²) in [5.74, 6) is -1.55. The number of carbonyl (C=O) groups is 1. The Labute approximate surface area is 86.8 Å². The molecule has 5 nitrogen and oxygen atoms in total. The van der Waals surface area contributed by atoms with Crippen molar-refractivity contribution >= 4 is 5.97 Å². The monoisotopic (exact) mass is 211 g/mol. The molecule has 0 aliphatic carbocycles. The van der Waals surface area contributed by atoms with Gasteiger partial charge in [0.25, 0.3) is 0 Å². The first-order valence-corrected chi connectivity index (χ1v) is 4.43. The number of aromatic hydroxyl groups is 1. The topological polar surface area (TPSA) is 104 Å². The lowest BCUT2D eigenvalue weighted by atomic mass is 10.0. The summed E-state index contributed by atoms with van der Waals surface area (Å²) in [6.45, 7) is 1.51. The predicted molar refractivity (Wildman–Crippen MR) is 53.7 cm³/mol. The molecule has 1 aromatic carbocycles. The molecule has 0 heterocycles. The van der Waals surface area contributed by atoms with Crippen molar-refractivity contribution in [2.24, 2.45) is 5.73 Å². The Morgan fingerprint density at radius 2 is 2.07 bits per heavy atom. The highest BCUT2D eigenvalue weighted by atomic mass is 16.4. The molecule has 5 heteroatoms. The van der Waals surface area contributed by atoms with E-state index in [0.717, 1.165) is 0 Å². The Bertz CT molecular complexity index is 376. The Morgan fingerprint density at radius 3 is 2.53 bits per heavy atom. The first-order chi connectivity index (χ1) is 6.93. The highest BCUT2D eigenvalue weighted by Gasteiger charge is 2.16. The van der Waals surface area contributed by atoms with Crippen molar-refractivity contribution in [3.05, 3.63) is 29.3 Å². The van der Waals surface area contributed by atoms with E-state index in [4.69, 9.17) is 10.8 Å². The minimum atomic E-state index is -1.23. The normalized spacial score (nSPS) is 14.6. The van der Waals surface area contributed by atoms with Gasteiger partial charge in [-0.1, -0.05) is 6.07 Å². The van der Waals surface area contributed by atoms with Crippen LogP contribution in [0.15, 0.2) is 18.2 Å². The van der Waals surface area contributed by atoms with E-state index in [9.17, 15) is 15.0 Å². The number of hydrogen-bond acceptors (Lipinski definition) is 4. The van der Waals surface area contributed by atoms with Crippen molar-refractivity contribution in [3.63, 3.8) is 0 Å². The van der Waals surface area contributed by atoms with Crippen LogP contribution in [0.1, 0.15) is 28.9 Å². The van der Waals surface area contributed by atoms with Gasteiger partial charge in [-0.2, -0.15) is 0 Å². The molecular formula is C10H13NO4. The zero-order chi connectivity index (χ0) is 11.6. The van der Waals surface area contributed by atoms with Gasteiger partial charge in [0, 0.05) is 0 Å². The summed E-state index contributed by atoms with van der Waals surface area (Å²) >= 11 is 0. The van der Waals surface area contributed by atoms with Crippen LogP contribution in [-0.2, 0) is 0 Å². The molecule has 1 aromatic rings. The third kappa shape index (κ3) is 2.45. The van der Waals surface area contributed by atoms with E-state index in [1.54, 1.807) is 0 Å². The van der Waals surface area contributed by atoms with Gasteiger partial charge in [-0.3, -0.25) is 0 Å². The number of aliphatic hydroxyl groups excluding tert-OH is 1. The van der Waals surface area contributed by atoms with Crippen molar-refractivity contribution in [2.75, 3.05) is 0 Å². The molecule has 0 aliphatic heterocycles. The highest BCUT2D eigenvalue weighted by Crippen LogP contribution is 2.22. The van der Waals surface area contributed by atoms with E-state index < -0.39 is 18.1 Å². The highest BCUT2D eigenvalue weighted by molar-refractivity contribution is 5.90. The van der Waals surface area contributed by atoms with Crippen molar-refractivity contribution in [1.29, 1.82) is 0 Å². The lowest BCUT2D eigenvalue weighted by molar-refractivity contribution is 0.0693. The second-order valence-corrected chi connectivity index (χ2v) is 3.35. The summed E-state index contributed by atoms with van der Waals surface area (Å²) in [7, 11) is 0. The second kappa shape index (κ2) is 4.29. The summed E-state index contributed by atoms with van der Waals surface area (Å²) in [5, 5.41) is 27.2. The van der Waals surface area contributed by atoms with Crippen LogP contribution in [0.2, 0.25) is 0 Å². The molecule has 82 valence electrons. The lowest BCUT2D eigenvalue weighted by Gasteiger charge is -2.15. The number of benzene rings is 1. The van der Waals surface area contributed by atoms with Crippen molar-refractivity contribution in [1.82, 2.24) is 0 Å². The molecule has 0 amide bonds. The van der Waals surface area contributed by atoms with Gasteiger partial charge in [-0.15, -0.1) is 0 Å². The van der Waals surface area contributed by atoms with Gasteiger partial charge in [0.1, 0.15) is 11.3 Å². The predicted octanol–water partition coefficient (Wildman–Crippen LogP) is 0.471. The number of phenols is 1. The van der Waals surface area contributed by atoms with Crippen molar-refractivity contribution < 1.29 is 20.1 Å². The first-order valence-electron chi connectivity index (χ1n) is 4.43. The number of carboxylic acids is 1. The van der Waals surface area contributed by atoms with E-state index in [0.29, 0.717) is 5.56 Å². The molecule has 0 aromatic heterocycles. The maximum atomic E-state index is 10.7. The van der Waals surface area contributed by atoms with Crippen LogP contribution in [0.5, 0.6) is 5.75 Å². The maximum absolute atomic E-state index is 10.7. The summed E-state index contributed by atoms with van der Waals surface area (Å²) in [6.07, 6.45) is -0.781. The smallest absolute Gasteiger partial charge is 0.339 e. The lowest BCUT2D eigenvalue weighted by Crippen LogP contribution is -2.23. The van der Waals surface area contributed by atoms with E-state index in [2.05, 4.69) is 0 Å². The number of aromatic carboxylic acids is 1. The molecule has 0 spiro atoms. The Morgan fingerprint density at radius 1 is 1.47 bits per heavy atom. The molecule has 0 bridgehead atoms. The fraction of sp³-hybridized carbons (Fsp3) is 0.300.